The number of carbonyl (C=O) groups excluding carboxylic acids is 1. The van der Waals surface area contributed by atoms with Gasteiger partial charge in [-0.15, -0.1) is 5.10 Å². The minimum atomic E-state index is -0.294. The van der Waals surface area contributed by atoms with Crippen molar-refractivity contribution in [2.45, 2.75) is 17.8 Å². The van der Waals surface area contributed by atoms with Gasteiger partial charge in [0.1, 0.15) is 5.82 Å². The van der Waals surface area contributed by atoms with Crippen molar-refractivity contribution in [3.8, 4) is 0 Å². The molecule has 2 rings (SSSR count). The van der Waals surface area contributed by atoms with Crippen LogP contribution in [0.1, 0.15) is 21.7 Å². The molecule has 7 heteroatoms. The Hall–Kier alpha value is -1.86. The number of aromatic amines is 1. The summed E-state index contributed by atoms with van der Waals surface area (Å²) in [4.78, 5) is 15.8. The van der Waals surface area contributed by atoms with E-state index in [-0.39, 0.29) is 5.91 Å². The average Bonchev–Trinajstić information content (AvgIpc) is 2.81. The molecule has 1 aromatic carbocycles. The Bertz CT molecular complexity index is 554. The van der Waals surface area contributed by atoms with Gasteiger partial charge in [0.2, 0.25) is 5.16 Å². The van der Waals surface area contributed by atoms with Crippen molar-refractivity contribution in [1.29, 1.82) is 0 Å². The number of nitrogens with two attached hydrogens (primary N) is 1. The molecule has 0 bridgehead atoms. The molecule has 94 valence electrons. The Morgan fingerprint density at radius 1 is 1.50 bits per heavy atom. The molecule has 1 amide bonds. The summed E-state index contributed by atoms with van der Waals surface area (Å²) < 4.78 is 0. The van der Waals surface area contributed by atoms with E-state index in [0.717, 1.165) is 11.4 Å². The molecule has 0 saturated heterocycles. The molecule has 1 aromatic heterocycles. The molecule has 2 aromatic rings. The van der Waals surface area contributed by atoms with Crippen molar-refractivity contribution >= 4 is 17.7 Å². The van der Waals surface area contributed by atoms with E-state index in [1.165, 1.54) is 11.8 Å². The second-order valence-electron chi connectivity index (χ2n) is 3.62. The predicted molar refractivity (Wildman–Crippen MR) is 68.8 cm³/mol. The van der Waals surface area contributed by atoms with Crippen LogP contribution in [0.3, 0.4) is 0 Å². The normalized spacial score (nSPS) is 10.3. The van der Waals surface area contributed by atoms with E-state index in [2.05, 4.69) is 20.6 Å². The Morgan fingerprint density at radius 3 is 2.94 bits per heavy atom. The van der Waals surface area contributed by atoms with Crippen LogP contribution in [0.25, 0.3) is 0 Å². The first kappa shape index (κ1) is 12.6. The lowest BCUT2D eigenvalue weighted by atomic mass is 10.1. The van der Waals surface area contributed by atoms with E-state index in [0.29, 0.717) is 16.5 Å². The maximum atomic E-state index is 11.6. The van der Waals surface area contributed by atoms with Crippen LogP contribution in [-0.2, 0) is 5.75 Å². The van der Waals surface area contributed by atoms with Crippen molar-refractivity contribution in [3.05, 3.63) is 41.2 Å². The van der Waals surface area contributed by atoms with Gasteiger partial charge in [0.25, 0.3) is 5.91 Å². The van der Waals surface area contributed by atoms with E-state index >= 15 is 0 Å². The van der Waals surface area contributed by atoms with E-state index in [1.807, 2.05) is 19.1 Å². The lowest BCUT2D eigenvalue weighted by molar-refractivity contribution is 0.0953. The molecule has 1 heterocycles. The van der Waals surface area contributed by atoms with Crippen LogP contribution in [-0.4, -0.2) is 21.1 Å². The van der Waals surface area contributed by atoms with Gasteiger partial charge in [-0.1, -0.05) is 30.0 Å². The molecule has 4 N–H and O–H groups in total. The summed E-state index contributed by atoms with van der Waals surface area (Å²) in [7, 11) is 0. The number of amides is 1. The highest BCUT2D eigenvalue weighted by Gasteiger charge is 2.10. The summed E-state index contributed by atoms with van der Waals surface area (Å²) in [5.74, 6) is 6.23. The number of hydrogen-bond donors (Lipinski definition) is 3. The lowest BCUT2D eigenvalue weighted by Gasteiger charge is -2.06. The highest BCUT2D eigenvalue weighted by molar-refractivity contribution is 7.98. The molecule has 6 nitrogen and oxygen atoms in total. The molecule has 0 fully saturated rings. The van der Waals surface area contributed by atoms with Gasteiger partial charge in [0, 0.05) is 11.3 Å². The zero-order chi connectivity index (χ0) is 13.0. The summed E-state index contributed by atoms with van der Waals surface area (Å²) in [5.41, 5.74) is 3.60. The fraction of sp³-hybridized carbons (Fsp3) is 0.182. The smallest absolute Gasteiger partial charge is 0.265 e. The van der Waals surface area contributed by atoms with Crippen molar-refractivity contribution < 1.29 is 4.79 Å². The van der Waals surface area contributed by atoms with E-state index in [1.54, 1.807) is 12.1 Å². The molecule has 18 heavy (non-hydrogen) atoms. The van der Waals surface area contributed by atoms with Gasteiger partial charge in [-0.2, -0.15) is 0 Å². The van der Waals surface area contributed by atoms with Crippen molar-refractivity contribution in [3.63, 3.8) is 0 Å². The van der Waals surface area contributed by atoms with Crippen molar-refractivity contribution in [1.82, 2.24) is 20.6 Å². The third-order valence-electron chi connectivity index (χ3n) is 2.33. The van der Waals surface area contributed by atoms with E-state index in [9.17, 15) is 4.79 Å². The molecule has 0 aliphatic rings. The first-order valence-electron chi connectivity index (χ1n) is 5.31. The quantitative estimate of drug-likeness (QED) is 0.331. The first-order chi connectivity index (χ1) is 8.70. The number of benzene rings is 1. The molecule has 0 radical (unpaired) electrons. The molecular formula is C11H13N5OS. The summed E-state index contributed by atoms with van der Waals surface area (Å²) in [6.45, 7) is 1.84. The van der Waals surface area contributed by atoms with Crippen LogP contribution in [0.15, 0.2) is 29.4 Å². The molecule has 0 saturated carbocycles. The fourth-order valence-electron chi connectivity index (χ4n) is 1.47. The minimum absolute atomic E-state index is 0.294. The molecule has 0 aliphatic carbocycles. The number of nitrogens with zero attached hydrogens (tertiary/aromatic N) is 2. The number of hydrazine groups is 1. The topological polar surface area (TPSA) is 96.7 Å². The number of rotatable bonds is 4. The molecule has 0 aliphatic heterocycles. The summed E-state index contributed by atoms with van der Waals surface area (Å²) in [5, 5.41) is 7.46. The number of nitrogen functional groups attached to an aromatic ring is 1. The minimum Gasteiger partial charge on any atom is -0.290 e. The van der Waals surface area contributed by atoms with Crippen molar-refractivity contribution in [2.24, 2.45) is 5.84 Å². The monoisotopic (exact) mass is 263 g/mol. The summed E-state index contributed by atoms with van der Waals surface area (Å²) in [6.07, 6.45) is 0. The molecule has 0 unspecified atom stereocenters. The third-order valence-corrected chi connectivity index (χ3v) is 3.22. The number of thioether (sulfide) groups is 1. The number of aryl methyl sites for hydroxylation is 1. The fourth-order valence-corrected chi connectivity index (χ4v) is 2.32. The largest absolute Gasteiger partial charge is 0.290 e. The maximum Gasteiger partial charge on any atom is 0.265 e. The number of carbonyl (C=O) groups is 1. The van der Waals surface area contributed by atoms with Crippen LogP contribution in [0.4, 0.5) is 0 Å². The van der Waals surface area contributed by atoms with Gasteiger partial charge < -0.3 is 0 Å². The zero-order valence-electron chi connectivity index (χ0n) is 9.80. The third kappa shape index (κ3) is 2.88. The lowest BCUT2D eigenvalue weighted by Crippen LogP contribution is -2.30. The van der Waals surface area contributed by atoms with Gasteiger partial charge in [-0.25, -0.2) is 10.8 Å². The van der Waals surface area contributed by atoms with Crippen LogP contribution < -0.4 is 11.3 Å². The Balaban J connectivity index is 2.11. The Morgan fingerprint density at radius 2 is 2.28 bits per heavy atom. The molecular weight excluding hydrogens is 250 g/mol. The number of nitrogens with one attached hydrogen (secondary N) is 2. The highest BCUT2D eigenvalue weighted by Crippen LogP contribution is 2.21. The second-order valence-corrected chi connectivity index (χ2v) is 4.57. The zero-order valence-corrected chi connectivity index (χ0v) is 10.6. The molecule has 0 atom stereocenters. The van der Waals surface area contributed by atoms with Gasteiger partial charge in [-0.05, 0) is 18.6 Å². The Kier molecular flexibility index (Phi) is 3.96. The number of H-pyrrole nitrogens is 1. The van der Waals surface area contributed by atoms with Gasteiger partial charge in [0.05, 0.1) is 0 Å². The van der Waals surface area contributed by atoms with Crippen LogP contribution in [0, 0.1) is 6.92 Å². The van der Waals surface area contributed by atoms with Gasteiger partial charge >= 0.3 is 0 Å². The van der Waals surface area contributed by atoms with Gasteiger partial charge in [-0.3, -0.25) is 15.3 Å². The van der Waals surface area contributed by atoms with Crippen LogP contribution >= 0.6 is 11.8 Å². The molecule has 0 spiro atoms. The van der Waals surface area contributed by atoms with Crippen LogP contribution in [0.2, 0.25) is 0 Å². The first-order valence-corrected chi connectivity index (χ1v) is 6.30. The SMILES string of the molecule is Cc1nc(SCc2ccccc2C(=O)NN)n[nH]1. The average molecular weight is 263 g/mol. The Labute approximate surface area is 108 Å². The highest BCUT2D eigenvalue weighted by atomic mass is 32.2. The summed E-state index contributed by atoms with van der Waals surface area (Å²) >= 11 is 1.46. The van der Waals surface area contributed by atoms with Crippen LogP contribution in [0.5, 0.6) is 0 Å². The second kappa shape index (κ2) is 5.65. The standard InChI is InChI=1S/C11H13N5OS/c1-7-13-11(16-15-7)18-6-8-4-2-3-5-9(8)10(17)14-12/h2-5H,6,12H2,1H3,(H,14,17)(H,13,15,16). The van der Waals surface area contributed by atoms with Gasteiger partial charge in [0.15, 0.2) is 0 Å². The number of hydrogen-bond acceptors (Lipinski definition) is 5. The summed E-state index contributed by atoms with van der Waals surface area (Å²) in [6, 6.07) is 7.31. The maximum absolute atomic E-state index is 11.6. The van der Waals surface area contributed by atoms with E-state index < -0.39 is 0 Å². The predicted octanol–water partition coefficient (Wildman–Crippen LogP) is 1.01. The number of aromatic nitrogens is 3. The van der Waals surface area contributed by atoms with Crippen molar-refractivity contribution in [2.75, 3.05) is 0 Å². The van der Waals surface area contributed by atoms with E-state index in [4.69, 9.17) is 5.84 Å².